The molecule has 23 heavy (non-hydrogen) atoms. The van der Waals surface area contributed by atoms with Crippen molar-refractivity contribution in [2.24, 2.45) is 0 Å². The summed E-state index contributed by atoms with van der Waals surface area (Å²) in [6.07, 6.45) is 2.06. The number of halogens is 2. The molecule has 118 valence electrons. The van der Waals surface area contributed by atoms with Crippen molar-refractivity contribution in [3.63, 3.8) is 0 Å². The van der Waals surface area contributed by atoms with Gasteiger partial charge in [0.05, 0.1) is 23.3 Å². The van der Waals surface area contributed by atoms with Gasteiger partial charge in [0, 0.05) is 23.4 Å². The fourth-order valence-corrected chi connectivity index (χ4v) is 2.80. The highest BCUT2D eigenvalue weighted by Crippen LogP contribution is 2.22. The lowest BCUT2D eigenvalue weighted by Crippen LogP contribution is -2.24. The van der Waals surface area contributed by atoms with Gasteiger partial charge in [-0.15, -0.1) is 0 Å². The Bertz CT molecular complexity index is 845. The first-order valence-corrected chi connectivity index (χ1v) is 8.01. The number of rotatable bonds is 5. The first-order chi connectivity index (χ1) is 11.1. The number of amides is 1. The van der Waals surface area contributed by atoms with Gasteiger partial charge < -0.3 is 5.32 Å². The molecule has 0 spiro atoms. The Kier molecular flexibility index (Phi) is 4.84. The summed E-state index contributed by atoms with van der Waals surface area (Å²) in [5.41, 5.74) is 1.83. The van der Waals surface area contributed by atoms with Crippen LogP contribution in [0.3, 0.4) is 0 Å². The highest BCUT2D eigenvalue weighted by Gasteiger charge is 2.08. The van der Waals surface area contributed by atoms with Gasteiger partial charge in [-0.25, -0.2) is 0 Å². The van der Waals surface area contributed by atoms with Crippen molar-refractivity contribution in [1.82, 2.24) is 15.1 Å². The van der Waals surface area contributed by atoms with E-state index < -0.39 is 0 Å². The largest absolute Gasteiger partial charge is 0.352 e. The summed E-state index contributed by atoms with van der Waals surface area (Å²) >= 11 is 12.2. The number of carbonyl (C=O) groups excluding carboxylic acids is 1. The minimum absolute atomic E-state index is 0.0457. The molecule has 0 atom stereocenters. The van der Waals surface area contributed by atoms with Crippen LogP contribution in [0.2, 0.25) is 10.0 Å². The maximum Gasteiger partial charge on any atom is 0.222 e. The number of nitrogens with zero attached hydrogens (tertiary/aromatic N) is 2. The quantitative estimate of drug-likeness (QED) is 0.756. The predicted octanol–water partition coefficient (Wildman–Crippen LogP) is 4.05. The number of benzene rings is 2. The molecule has 1 amide bonds. The molecular weight excluding hydrogens is 333 g/mol. The molecule has 2 aromatic carbocycles. The number of carbonyl (C=O) groups is 1. The number of aromatic nitrogens is 2. The molecule has 4 nitrogen and oxygen atoms in total. The van der Waals surface area contributed by atoms with Gasteiger partial charge in [0.2, 0.25) is 5.91 Å². The van der Waals surface area contributed by atoms with Crippen molar-refractivity contribution in [2.75, 3.05) is 0 Å². The fourth-order valence-electron chi connectivity index (χ4n) is 2.38. The number of aryl methyl sites for hydroxylation is 1. The standard InChI is InChI=1S/C17H15Cl2N3O/c18-14-5-2-1-4-12(14)10-20-17(23)8-9-22-16-7-3-6-15(19)13(16)11-21-22/h1-7,11H,8-10H2,(H,20,23). The lowest BCUT2D eigenvalue weighted by molar-refractivity contribution is -0.121. The van der Waals surface area contributed by atoms with E-state index in [9.17, 15) is 4.79 Å². The van der Waals surface area contributed by atoms with E-state index in [0.29, 0.717) is 29.6 Å². The van der Waals surface area contributed by atoms with Crippen LogP contribution in [0, 0.1) is 0 Å². The maximum absolute atomic E-state index is 12.0. The second kappa shape index (κ2) is 7.02. The average molecular weight is 348 g/mol. The van der Waals surface area contributed by atoms with Crippen LogP contribution in [0.25, 0.3) is 10.9 Å². The van der Waals surface area contributed by atoms with Gasteiger partial charge in [0.15, 0.2) is 0 Å². The number of hydrogen-bond acceptors (Lipinski definition) is 2. The Balaban J connectivity index is 1.58. The van der Waals surface area contributed by atoms with Gasteiger partial charge >= 0.3 is 0 Å². The lowest BCUT2D eigenvalue weighted by Gasteiger charge is -2.07. The molecule has 3 aromatic rings. The monoisotopic (exact) mass is 347 g/mol. The molecule has 0 aliphatic carbocycles. The van der Waals surface area contributed by atoms with Crippen LogP contribution < -0.4 is 5.32 Å². The highest BCUT2D eigenvalue weighted by molar-refractivity contribution is 6.35. The zero-order valence-corrected chi connectivity index (χ0v) is 13.8. The molecule has 0 radical (unpaired) electrons. The third-order valence-corrected chi connectivity index (χ3v) is 4.32. The predicted molar refractivity (Wildman–Crippen MR) is 92.7 cm³/mol. The summed E-state index contributed by atoms with van der Waals surface area (Å²) in [4.78, 5) is 12.0. The molecular formula is C17H15Cl2N3O. The van der Waals surface area contributed by atoms with Gasteiger partial charge in [-0.1, -0.05) is 47.5 Å². The van der Waals surface area contributed by atoms with Crippen LogP contribution >= 0.6 is 23.2 Å². The average Bonchev–Trinajstić information content (AvgIpc) is 2.97. The summed E-state index contributed by atoms with van der Waals surface area (Å²) in [6.45, 7) is 0.919. The normalized spacial score (nSPS) is 10.9. The lowest BCUT2D eigenvalue weighted by atomic mass is 10.2. The minimum atomic E-state index is -0.0457. The number of fused-ring (bicyclic) bond motifs is 1. The van der Waals surface area contributed by atoms with Crippen molar-refractivity contribution in [2.45, 2.75) is 19.5 Å². The van der Waals surface area contributed by atoms with Gasteiger partial charge in [0.25, 0.3) is 0 Å². The zero-order chi connectivity index (χ0) is 16.2. The molecule has 0 aliphatic rings. The highest BCUT2D eigenvalue weighted by atomic mass is 35.5. The molecule has 6 heteroatoms. The maximum atomic E-state index is 12.0. The summed E-state index contributed by atoms with van der Waals surface area (Å²) in [6, 6.07) is 13.1. The Morgan fingerprint density at radius 3 is 2.70 bits per heavy atom. The Hall–Kier alpha value is -2.04. The minimum Gasteiger partial charge on any atom is -0.352 e. The Labute approximate surface area is 144 Å². The van der Waals surface area contributed by atoms with E-state index in [1.165, 1.54) is 0 Å². The van der Waals surface area contributed by atoms with Crippen molar-refractivity contribution in [1.29, 1.82) is 0 Å². The Morgan fingerprint density at radius 1 is 1.09 bits per heavy atom. The summed E-state index contributed by atoms with van der Waals surface area (Å²) in [5.74, 6) is -0.0457. The second-order valence-electron chi connectivity index (χ2n) is 5.16. The van der Waals surface area contributed by atoms with Gasteiger partial charge in [-0.3, -0.25) is 9.48 Å². The zero-order valence-electron chi connectivity index (χ0n) is 12.3. The number of nitrogens with one attached hydrogen (secondary N) is 1. The third kappa shape index (κ3) is 3.66. The number of hydrogen-bond donors (Lipinski definition) is 1. The fraction of sp³-hybridized carbons (Fsp3) is 0.176. The van der Waals surface area contributed by atoms with Crippen LogP contribution in [0.1, 0.15) is 12.0 Å². The van der Waals surface area contributed by atoms with E-state index in [0.717, 1.165) is 16.5 Å². The molecule has 0 saturated heterocycles. The first kappa shape index (κ1) is 15.8. The van der Waals surface area contributed by atoms with Crippen molar-refractivity contribution in [3.8, 4) is 0 Å². The second-order valence-corrected chi connectivity index (χ2v) is 5.97. The molecule has 0 saturated carbocycles. The van der Waals surface area contributed by atoms with Gasteiger partial charge in [0.1, 0.15) is 0 Å². The molecule has 1 aromatic heterocycles. The van der Waals surface area contributed by atoms with Crippen molar-refractivity contribution >= 4 is 40.0 Å². The summed E-state index contributed by atoms with van der Waals surface area (Å²) < 4.78 is 1.79. The van der Waals surface area contributed by atoms with Crippen molar-refractivity contribution < 1.29 is 4.79 Å². The molecule has 3 rings (SSSR count). The summed E-state index contributed by atoms with van der Waals surface area (Å²) in [7, 11) is 0. The smallest absolute Gasteiger partial charge is 0.222 e. The molecule has 0 aliphatic heterocycles. The topological polar surface area (TPSA) is 46.9 Å². The van der Waals surface area contributed by atoms with Crippen LogP contribution in [0.5, 0.6) is 0 Å². The van der Waals surface area contributed by atoms with E-state index >= 15 is 0 Å². The van der Waals surface area contributed by atoms with Crippen LogP contribution in [-0.2, 0) is 17.9 Å². The molecule has 0 bridgehead atoms. The van der Waals surface area contributed by atoms with Crippen LogP contribution in [-0.4, -0.2) is 15.7 Å². The van der Waals surface area contributed by atoms with E-state index in [-0.39, 0.29) is 5.91 Å². The van der Waals surface area contributed by atoms with E-state index in [2.05, 4.69) is 10.4 Å². The van der Waals surface area contributed by atoms with E-state index in [1.54, 1.807) is 10.9 Å². The molecule has 0 fully saturated rings. The van der Waals surface area contributed by atoms with E-state index in [4.69, 9.17) is 23.2 Å². The van der Waals surface area contributed by atoms with Crippen molar-refractivity contribution in [3.05, 3.63) is 64.3 Å². The molecule has 1 N–H and O–H groups in total. The van der Waals surface area contributed by atoms with E-state index in [1.807, 2.05) is 42.5 Å². The van der Waals surface area contributed by atoms with Crippen LogP contribution in [0.15, 0.2) is 48.7 Å². The molecule has 0 unspecified atom stereocenters. The Morgan fingerprint density at radius 2 is 1.87 bits per heavy atom. The van der Waals surface area contributed by atoms with Gasteiger partial charge in [-0.05, 0) is 23.8 Å². The van der Waals surface area contributed by atoms with Gasteiger partial charge in [-0.2, -0.15) is 5.10 Å². The van der Waals surface area contributed by atoms with Crippen LogP contribution in [0.4, 0.5) is 0 Å². The first-order valence-electron chi connectivity index (χ1n) is 7.25. The summed E-state index contributed by atoms with van der Waals surface area (Å²) in [5, 5.41) is 9.37. The third-order valence-electron chi connectivity index (χ3n) is 3.62. The SMILES string of the molecule is O=C(CCn1ncc2c(Cl)cccc21)NCc1ccccc1Cl. The molecule has 1 heterocycles.